The molecule has 0 radical (unpaired) electrons. The molecule has 50 heavy (non-hydrogen) atoms. The molecule has 3 aliphatic carbocycles. The number of ether oxygens (including phenoxy) is 2. The third-order valence-electron chi connectivity index (χ3n) is 9.86. The predicted molar refractivity (Wildman–Crippen MR) is 211 cm³/mol. The Bertz CT molecular complexity index is 653. The number of aliphatic hydroxyl groups is 2. The van der Waals surface area contributed by atoms with Crippen LogP contribution in [0.2, 0.25) is 0 Å². The number of carbonyl (C=O) groups is 2. The number of aliphatic hydroxyl groups excluding tert-OH is 2. The number of carbonyl (C=O) groups excluding carboxylic acids is 2. The maximum atomic E-state index is 11.5. The van der Waals surface area contributed by atoms with Crippen LogP contribution in [0.25, 0.3) is 0 Å². The topological polar surface area (TPSA) is 93.1 Å². The number of benzene rings is 1. The van der Waals surface area contributed by atoms with Gasteiger partial charge in [0.25, 0.3) is 0 Å². The minimum absolute atomic E-state index is 0.347. The molecule has 2 bridgehead atoms. The van der Waals surface area contributed by atoms with Gasteiger partial charge < -0.3 is 19.7 Å². The standard InChI is InChI=1S/C12H12O4.3C10H20.2CH4O/c13-11-9-3-5-10(6-4-9)12(14)16-8-2-1-7-15-11;3*1-2-4-6-8-10-9-7-5-3-1;2*1-2/h3-6H,1-2,7-8H2;3*1-10H2;2*2H,1H3. The van der Waals surface area contributed by atoms with Gasteiger partial charge in [-0.1, -0.05) is 193 Å². The van der Waals surface area contributed by atoms with Crippen LogP contribution in [0, 0.1) is 0 Å². The zero-order chi connectivity index (χ0) is 36.6. The molecule has 0 spiro atoms. The maximum Gasteiger partial charge on any atom is 0.338 e. The third-order valence-corrected chi connectivity index (χ3v) is 9.86. The minimum atomic E-state index is -0.347. The lowest BCUT2D eigenvalue weighted by molar-refractivity contribution is 0.0427. The van der Waals surface area contributed by atoms with Crippen LogP contribution in [0.1, 0.15) is 226 Å². The summed E-state index contributed by atoms with van der Waals surface area (Å²) in [5, 5.41) is 14.0. The Morgan fingerprint density at radius 2 is 0.440 bits per heavy atom. The van der Waals surface area contributed by atoms with Crippen molar-refractivity contribution in [3.63, 3.8) is 0 Å². The summed E-state index contributed by atoms with van der Waals surface area (Å²) in [5.74, 6) is -0.694. The first-order chi connectivity index (χ1) is 24.8. The molecule has 2 N–H and O–H groups in total. The SMILES string of the molecule is C1CCCCCCCCC1.C1CCCCCCCCC1.C1CCCCCCCCC1.CO.CO.O=C1OCCCCOC(=O)c2ccc1cc2. The van der Waals surface area contributed by atoms with Crippen molar-refractivity contribution in [2.45, 2.75) is 205 Å². The molecule has 6 heteroatoms. The van der Waals surface area contributed by atoms with Crippen LogP contribution in [0.5, 0.6) is 0 Å². The highest BCUT2D eigenvalue weighted by molar-refractivity contribution is 5.93. The van der Waals surface area contributed by atoms with Gasteiger partial charge in [0, 0.05) is 14.2 Å². The first kappa shape index (κ1) is 48.1. The summed E-state index contributed by atoms with van der Waals surface area (Å²) in [5.41, 5.74) is 0.911. The van der Waals surface area contributed by atoms with Crippen molar-refractivity contribution >= 4 is 11.9 Å². The van der Waals surface area contributed by atoms with Crippen LogP contribution in [0.15, 0.2) is 24.3 Å². The highest BCUT2D eigenvalue weighted by Gasteiger charge is 2.12. The fraction of sp³-hybridized carbons (Fsp3) is 0.818. The Morgan fingerprint density at radius 3 is 0.580 bits per heavy atom. The normalized spacial score (nSPS) is 20.1. The number of hydrogen-bond donors (Lipinski definition) is 2. The lowest BCUT2D eigenvalue weighted by Crippen LogP contribution is -2.12. The molecule has 2 aliphatic heterocycles. The van der Waals surface area contributed by atoms with E-state index in [2.05, 4.69) is 0 Å². The number of rotatable bonds is 0. The van der Waals surface area contributed by atoms with E-state index < -0.39 is 0 Å². The average Bonchev–Trinajstić information content (AvgIpc) is 3.18. The lowest BCUT2D eigenvalue weighted by Gasteiger charge is -2.09. The van der Waals surface area contributed by atoms with Crippen molar-refractivity contribution in [2.24, 2.45) is 0 Å². The molecule has 3 fully saturated rings. The molecule has 1 aromatic rings. The third kappa shape index (κ3) is 30.9. The fourth-order valence-corrected chi connectivity index (χ4v) is 6.75. The summed E-state index contributed by atoms with van der Waals surface area (Å²) in [4.78, 5) is 23.0. The van der Waals surface area contributed by atoms with Crippen LogP contribution in [0.3, 0.4) is 0 Å². The summed E-state index contributed by atoms with van der Waals surface area (Å²) >= 11 is 0. The Morgan fingerprint density at radius 1 is 0.300 bits per heavy atom. The van der Waals surface area contributed by atoms with Crippen LogP contribution < -0.4 is 0 Å². The van der Waals surface area contributed by atoms with Gasteiger partial charge in [0.05, 0.1) is 24.3 Å². The van der Waals surface area contributed by atoms with E-state index in [1.54, 1.807) is 24.3 Å². The van der Waals surface area contributed by atoms with Crippen molar-refractivity contribution in [3.8, 4) is 0 Å². The fourth-order valence-electron chi connectivity index (χ4n) is 6.75. The van der Waals surface area contributed by atoms with Crippen molar-refractivity contribution in [3.05, 3.63) is 35.4 Å². The molecular formula is C44H80O6. The lowest BCUT2D eigenvalue weighted by atomic mass is 10.0. The zero-order valence-corrected chi connectivity index (χ0v) is 32.9. The average molecular weight is 705 g/mol. The highest BCUT2D eigenvalue weighted by Crippen LogP contribution is 2.18. The molecule has 292 valence electrons. The highest BCUT2D eigenvalue weighted by atomic mass is 16.5. The van der Waals surface area contributed by atoms with Crippen molar-refractivity contribution in [2.75, 3.05) is 27.4 Å². The first-order valence-electron chi connectivity index (χ1n) is 21.1. The van der Waals surface area contributed by atoms with E-state index in [-0.39, 0.29) is 11.9 Å². The number of fused-ring (bicyclic) bond motifs is 9. The van der Waals surface area contributed by atoms with E-state index in [9.17, 15) is 9.59 Å². The van der Waals surface area contributed by atoms with E-state index in [4.69, 9.17) is 19.7 Å². The van der Waals surface area contributed by atoms with Gasteiger partial charge in [0.15, 0.2) is 0 Å². The smallest absolute Gasteiger partial charge is 0.338 e. The molecule has 6 rings (SSSR count). The van der Waals surface area contributed by atoms with E-state index in [1.165, 1.54) is 193 Å². The van der Waals surface area contributed by atoms with E-state index >= 15 is 0 Å². The largest absolute Gasteiger partial charge is 0.462 e. The second kappa shape index (κ2) is 39.9. The van der Waals surface area contributed by atoms with Crippen LogP contribution in [-0.4, -0.2) is 49.6 Å². The summed E-state index contributed by atoms with van der Waals surface area (Å²) in [6, 6.07) is 6.28. The quantitative estimate of drug-likeness (QED) is 0.261. The summed E-state index contributed by atoms with van der Waals surface area (Å²) in [6.45, 7) is 0.719. The van der Waals surface area contributed by atoms with Crippen molar-refractivity contribution < 1.29 is 29.3 Å². The Kier molecular flexibility index (Phi) is 38.3. The van der Waals surface area contributed by atoms with Gasteiger partial charge in [-0.25, -0.2) is 9.59 Å². The van der Waals surface area contributed by atoms with Crippen LogP contribution in [-0.2, 0) is 9.47 Å². The van der Waals surface area contributed by atoms with Gasteiger partial charge in [-0.05, 0) is 37.1 Å². The number of hydrogen-bond acceptors (Lipinski definition) is 6. The van der Waals surface area contributed by atoms with Gasteiger partial charge in [-0.15, -0.1) is 0 Å². The molecule has 0 amide bonds. The second-order valence-corrected chi connectivity index (χ2v) is 14.2. The molecule has 2 heterocycles. The Labute approximate surface area is 308 Å². The van der Waals surface area contributed by atoms with Crippen LogP contribution in [0.4, 0.5) is 0 Å². The summed E-state index contributed by atoms with van der Waals surface area (Å²) < 4.78 is 10.1. The minimum Gasteiger partial charge on any atom is -0.462 e. The van der Waals surface area contributed by atoms with Crippen molar-refractivity contribution in [1.82, 2.24) is 0 Å². The molecule has 0 saturated heterocycles. The van der Waals surface area contributed by atoms with E-state index in [1.807, 2.05) is 0 Å². The molecular weight excluding hydrogens is 624 g/mol. The van der Waals surface area contributed by atoms with E-state index in [0.29, 0.717) is 37.2 Å². The molecule has 6 nitrogen and oxygen atoms in total. The first-order valence-corrected chi connectivity index (χ1v) is 21.1. The second-order valence-electron chi connectivity index (χ2n) is 14.2. The molecule has 0 unspecified atom stereocenters. The van der Waals surface area contributed by atoms with Gasteiger partial charge in [0.1, 0.15) is 0 Å². The van der Waals surface area contributed by atoms with Gasteiger partial charge >= 0.3 is 11.9 Å². The number of esters is 2. The zero-order valence-electron chi connectivity index (χ0n) is 32.9. The predicted octanol–water partition coefficient (Wildman–Crippen LogP) is 12.7. The molecule has 0 atom stereocenters. The van der Waals surface area contributed by atoms with Crippen LogP contribution >= 0.6 is 0 Å². The van der Waals surface area contributed by atoms with Gasteiger partial charge in [-0.2, -0.15) is 0 Å². The van der Waals surface area contributed by atoms with Gasteiger partial charge in [0.2, 0.25) is 0 Å². The molecule has 0 aromatic heterocycles. The molecule has 3 saturated carbocycles. The maximum absolute atomic E-state index is 11.5. The molecule has 5 aliphatic rings. The monoisotopic (exact) mass is 705 g/mol. The van der Waals surface area contributed by atoms with E-state index in [0.717, 1.165) is 14.2 Å². The summed E-state index contributed by atoms with van der Waals surface area (Å²) in [6.07, 6.45) is 46.4. The summed E-state index contributed by atoms with van der Waals surface area (Å²) in [7, 11) is 2.00. The molecule has 1 aromatic carbocycles. The Hall–Kier alpha value is -1.92. The van der Waals surface area contributed by atoms with Crippen molar-refractivity contribution in [1.29, 1.82) is 0 Å². The Balaban J connectivity index is 0.000000633. The van der Waals surface area contributed by atoms with Gasteiger partial charge in [-0.3, -0.25) is 0 Å².